The molecule has 0 heterocycles. The molecule has 0 radical (unpaired) electrons. The van der Waals surface area contributed by atoms with Crippen LogP contribution in [0.25, 0.3) is 0 Å². The number of benzene rings is 2. The van der Waals surface area contributed by atoms with E-state index in [-0.39, 0.29) is 27.4 Å². The fourth-order valence-electron chi connectivity index (χ4n) is 2.22. The number of amides is 1. The number of carbonyl (C=O) groups is 3. The second-order valence-corrected chi connectivity index (χ2v) is 5.55. The van der Waals surface area contributed by atoms with Crippen LogP contribution in [0.5, 0.6) is 0 Å². The number of anilines is 1. The van der Waals surface area contributed by atoms with Crippen LogP contribution >= 0.6 is 11.6 Å². The molecule has 2 aromatic rings. The molecule has 0 aromatic heterocycles. The zero-order chi connectivity index (χ0) is 20.1. The van der Waals surface area contributed by atoms with Gasteiger partial charge in [0.2, 0.25) is 0 Å². The van der Waals surface area contributed by atoms with Crippen molar-refractivity contribution in [2.45, 2.75) is 0 Å². The molecule has 0 aliphatic carbocycles. The van der Waals surface area contributed by atoms with Gasteiger partial charge >= 0.3 is 11.9 Å². The first-order chi connectivity index (χ1) is 12.8. The molecule has 10 heteroatoms. The molecule has 0 saturated heterocycles. The average Bonchev–Trinajstić information content (AvgIpc) is 2.66. The van der Waals surface area contributed by atoms with Crippen LogP contribution in [0.4, 0.5) is 11.4 Å². The first kappa shape index (κ1) is 19.9. The van der Waals surface area contributed by atoms with Gasteiger partial charge in [0.05, 0.1) is 36.0 Å². The van der Waals surface area contributed by atoms with E-state index in [9.17, 15) is 24.5 Å². The largest absolute Gasteiger partial charge is 0.465 e. The standard InChI is InChI=1S/C17H13ClN2O7/c1-26-16(22)9-3-5-11(17(23)27-2)13(7-9)19-15(21)12-8-10(18)4-6-14(12)20(24)25/h3-8H,1-2H3,(H,19,21). The molecule has 1 amide bonds. The highest BCUT2D eigenvalue weighted by atomic mass is 35.5. The molecule has 0 spiro atoms. The Morgan fingerprint density at radius 1 is 1.00 bits per heavy atom. The van der Waals surface area contributed by atoms with Crippen molar-refractivity contribution >= 4 is 40.8 Å². The van der Waals surface area contributed by atoms with Crippen LogP contribution in [0.3, 0.4) is 0 Å². The highest BCUT2D eigenvalue weighted by Crippen LogP contribution is 2.26. The number of hydrogen-bond donors (Lipinski definition) is 1. The molecule has 2 aromatic carbocycles. The molecule has 2 rings (SSSR count). The van der Waals surface area contributed by atoms with Gasteiger partial charge in [0, 0.05) is 11.1 Å². The van der Waals surface area contributed by atoms with Gasteiger partial charge in [-0.1, -0.05) is 11.6 Å². The number of rotatable bonds is 5. The van der Waals surface area contributed by atoms with E-state index in [1.807, 2.05) is 0 Å². The smallest absolute Gasteiger partial charge is 0.339 e. The van der Waals surface area contributed by atoms with Gasteiger partial charge in [-0.15, -0.1) is 0 Å². The van der Waals surface area contributed by atoms with E-state index >= 15 is 0 Å². The number of nitrogens with zero attached hydrogens (tertiary/aromatic N) is 1. The molecule has 0 atom stereocenters. The minimum Gasteiger partial charge on any atom is -0.465 e. The van der Waals surface area contributed by atoms with Crippen molar-refractivity contribution in [3.63, 3.8) is 0 Å². The highest BCUT2D eigenvalue weighted by molar-refractivity contribution is 6.31. The van der Waals surface area contributed by atoms with Crippen molar-refractivity contribution in [1.29, 1.82) is 0 Å². The SMILES string of the molecule is COC(=O)c1ccc(C(=O)OC)c(NC(=O)c2cc(Cl)ccc2[N+](=O)[O-])c1. The molecule has 0 bridgehead atoms. The molecule has 0 aliphatic rings. The lowest BCUT2D eigenvalue weighted by atomic mass is 10.1. The minimum absolute atomic E-state index is 0.0526. The van der Waals surface area contributed by atoms with Gasteiger partial charge in [-0.2, -0.15) is 0 Å². The second-order valence-electron chi connectivity index (χ2n) is 5.12. The average molecular weight is 393 g/mol. The third kappa shape index (κ3) is 4.39. The molecule has 0 unspecified atom stereocenters. The second kappa shape index (κ2) is 8.28. The number of ether oxygens (including phenoxy) is 2. The molecular weight excluding hydrogens is 380 g/mol. The van der Waals surface area contributed by atoms with Gasteiger partial charge < -0.3 is 14.8 Å². The summed E-state index contributed by atoms with van der Waals surface area (Å²) in [4.78, 5) is 46.6. The van der Waals surface area contributed by atoms with Crippen LogP contribution in [0.15, 0.2) is 36.4 Å². The maximum absolute atomic E-state index is 12.6. The summed E-state index contributed by atoms with van der Waals surface area (Å²) in [6.45, 7) is 0. The summed E-state index contributed by atoms with van der Waals surface area (Å²) in [5.74, 6) is -2.37. The van der Waals surface area contributed by atoms with Crippen LogP contribution in [-0.4, -0.2) is 37.0 Å². The summed E-state index contributed by atoms with van der Waals surface area (Å²) >= 11 is 5.82. The van der Waals surface area contributed by atoms with Gasteiger partial charge in [-0.05, 0) is 30.3 Å². The molecule has 27 heavy (non-hydrogen) atoms. The van der Waals surface area contributed by atoms with Gasteiger partial charge in [-0.25, -0.2) is 9.59 Å². The molecule has 0 saturated carbocycles. The van der Waals surface area contributed by atoms with Crippen molar-refractivity contribution in [3.05, 3.63) is 68.2 Å². The van der Waals surface area contributed by atoms with E-state index in [0.717, 1.165) is 19.2 Å². The lowest BCUT2D eigenvalue weighted by Gasteiger charge is -2.12. The number of nitrogens with one attached hydrogen (secondary N) is 1. The predicted molar refractivity (Wildman–Crippen MR) is 95.2 cm³/mol. The zero-order valence-corrected chi connectivity index (χ0v) is 14.9. The summed E-state index contributed by atoms with van der Waals surface area (Å²) in [5, 5.41) is 13.6. The summed E-state index contributed by atoms with van der Waals surface area (Å²) in [7, 11) is 2.31. The summed E-state index contributed by atoms with van der Waals surface area (Å²) < 4.78 is 9.24. The third-order valence-electron chi connectivity index (χ3n) is 3.49. The Morgan fingerprint density at radius 3 is 2.26 bits per heavy atom. The number of nitro groups is 1. The van der Waals surface area contributed by atoms with Crippen molar-refractivity contribution in [1.82, 2.24) is 0 Å². The Kier molecular flexibility index (Phi) is 6.09. The molecule has 0 aliphatic heterocycles. The number of hydrogen-bond acceptors (Lipinski definition) is 7. The first-order valence-electron chi connectivity index (χ1n) is 7.34. The highest BCUT2D eigenvalue weighted by Gasteiger charge is 2.23. The maximum Gasteiger partial charge on any atom is 0.339 e. The van der Waals surface area contributed by atoms with Crippen molar-refractivity contribution in [2.24, 2.45) is 0 Å². The fraction of sp³-hybridized carbons (Fsp3) is 0.118. The van der Waals surface area contributed by atoms with Crippen molar-refractivity contribution in [3.8, 4) is 0 Å². The van der Waals surface area contributed by atoms with Crippen molar-refractivity contribution < 1.29 is 28.8 Å². The third-order valence-corrected chi connectivity index (χ3v) is 3.73. The Hall–Kier alpha value is -3.46. The lowest BCUT2D eigenvalue weighted by molar-refractivity contribution is -0.385. The van der Waals surface area contributed by atoms with Crippen LogP contribution in [0.2, 0.25) is 5.02 Å². The molecular formula is C17H13ClN2O7. The topological polar surface area (TPSA) is 125 Å². The number of carbonyl (C=O) groups excluding carboxylic acids is 3. The number of esters is 2. The van der Waals surface area contributed by atoms with Crippen LogP contribution in [0.1, 0.15) is 31.1 Å². The summed E-state index contributed by atoms with van der Waals surface area (Å²) in [6, 6.07) is 7.26. The van der Waals surface area contributed by atoms with Crippen molar-refractivity contribution in [2.75, 3.05) is 19.5 Å². The monoisotopic (exact) mass is 392 g/mol. The van der Waals surface area contributed by atoms with E-state index in [1.54, 1.807) is 0 Å². The predicted octanol–water partition coefficient (Wildman–Crippen LogP) is 3.07. The Labute approximate surface area is 158 Å². The summed E-state index contributed by atoms with van der Waals surface area (Å²) in [5.41, 5.74) is -0.860. The number of methoxy groups -OCH3 is 2. The van der Waals surface area contributed by atoms with Crippen LogP contribution in [0, 0.1) is 10.1 Å². The number of halogens is 1. The van der Waals surface area contributed by atoms with E-state index in [1.165, 1.54) is 31.4 Å². The van der Waals surface area contributed by atoms with Gasteiger partial charge in [0.1, 0.15) is 5.56 Å². The molecule has 140 valence electrons. The molecule has 1 N–H and O–H groups in total. The fourth-order valence-corrected chi connectivity index (χ4v) is 2.39. The first-order valence-corrected chi connectivity index (χ1v) is 7.72. The quantitative estimate of drug-likeness (QED) is 0.470. The number of nitro benzene ring substituents is 1. The lowest BCUT2D eigenvalue weighted by Crippen LogP contribution is -2.17. The van der Waals surface area contributed by atoms with E-state index in [4.69, 9.17) is 11.6 Å². The normalized spacial score (nSPS) is 10.0. The van der Waals surface area contributed by atoms with Crippen LogP contribution < -0.4 is 5.32 Å². The van der Waals surface area contributed by atoms with E-state index < -0.39 is 28.5 Å². The van der Waals surface area contributed by atoms with Crippen LogP contribution in [-0.2, 0) is 9.47 Å². The van der Waals surface area contributed by atoms with E-state index in [0.29, 0.717) is 0 Å². The molecule has 0 fully saturated rings. The maximum atomic E-state index is 12.6. The summed E-state index contributed by atoms with van der Waals surface area (Å²) in [6.07, 6.45) is 0. The van der Waals surface area contributed by atoms with Gasteiger partial charge in [0.25, 0.3) is 11.6 Å². The minimum atomic E-state index is -0.892. The van der Waals surface area contributed by atoms with Gasteiger partial charge in [0.15, 0.2) is 0 Å². The Balaban J connectivity index is 2.50. The van der Waals surface area contributed by atoms with Gasteiger partial charge in [-0.3, -0.25) is 14.9 Å². The zero-order valence-electron chi connectivity index (χ0n) is 14.1. The Morgan fingerprint density at radius 2 is 1.67 bits per heavy atom. The van der Waals surface area contributed by atoms with E-state index in [2.05, 4.69) is 14.8 Å². The molecule has 9 nitrogen and oxygen atoms in total. The Bertz CT molecular complexity index is 943.